The van der Waals surface area contributed by atoms with Crippen LogP contribution in [-0.4, -0.2) is 41.7 Å². The van der Waals surface area contributed by atoms with Crippen molar-refractivity contribution in [3.05, 3.63) is 33.9 Å². The largest absolute Gasteiger partial charge is 0.396 e. The molecule has 0 saturated carbocycles. The summed E-state index contributed by atoms with van der Waals surface area (Å²) >= 11 is 0. The van der Waals surface area contributed by atoms with Crippen molar-refractivity contribution in [1.29, 1.82) is 0 Å². The monoisotopic (exact) mass is 279 g/mol. The maximum absolute atomic E-state index is 11.0. The van der Waals surface area contributed by atoms with Gasteiger partial charge in [0.15, 0.2) is 0 Å². The number of likely N-dealkylation sites (tertiary alicyclic amines) is 1. The number of nitro groups is 1. The van der Waals surface area contributed by atoms with E-state index in [0.717, 1.165) is 38.0 Å². The van der Waals surface area contributed by atoms with E-state index < -0.39 is 0 Å². The molecule has 0 aliphatic carbocycles. The molecule has 0 amide bonds. The van der Waals surface area contributed by atoms with Crippen LogP contribution in [0.1, 0.15) is 18.4 Å². The third kappa shape index (κ3) is 3.46. The lowest BCUT2D eigenvalue weighted by molar-refractivity contribution is -0.384. The number of aliphatic hydroxyl groups is 1. The van der Waals surface area contributed by atoms with Crippen molar-refractivity contribution < 1.29 is 10.0 Å². The van der Waals surface area contributed by atoms with Crippen LogP contribution in [0.4, 0.5) is 11.4 Å². The Kier molecular flexibility index (Phi) is 4.92. The van der Waals surface area contributed by atoms with Crippen molar-refractivity contribution in [2.75, 3.05) is 32.1 Å². The van der Waals surface area contributed by atoms with Crippen molar-refractivity contribution in [2.45, 2.75) is 19.4 Å². The summed E-state index contributed by atoms with van der Waals surface area (Å²) < 4.78 is 0. The summed E-state index contributed by atoms with van der Waals surface area (Å²) in [6, 6.07) is 5.33. The van der Waals surface area contributed by atoms with Gasteiger partial charge in [0.25, 0.3) is 5.69 Å². The van der Waals surface area contributed by atoms with Gasteiger partial charge in [0.1, 0.15) is 5.69 Å². The van der Waals surface area contributed by atoms with Gasteiger partial charge >= 0.3 is 0 Å². The van der Waals surface area contributed by atoms with Crippen LogP contribution in [0.15, 0.2) is 18.2 Å². The first-order valence-corrected chi connectivity index (χ1v) is 6.92. The highest BCUT2D eigenvalue weighted by Gasteiger charge is 2.20. The molecule has 1 aliphatic heterocycles. The molecule has 20 heavy (non-hydrogen) atoms. The highest BCUT2D eigenvalue weighted by Crippen LogP contribution is 2.26. The summed E-state index contributed by atoms with van der Waals surface area (Å²) in [5, 5.41) is 23.0. The minimum Gasteiger partial charge on any atom is -0.396 e. The van der Waals surface area contributed by atoms with Gasteiger partial charge < -0.3 is 10.4 Å². The van der Waals surface area contributed by atoms with E-state index in [2.05, 4.69) is 10.2 Å². The zero-order valence-corrected chi connectivity index (χ0v) is 11.7. The van der Waals surface area contributed by atoms with Crippen LogP contribution in [-0.2, 0) is 6.54 Å². The van der Waals surface area contributed by atoms with Gasteiger partial charge in [0, 0.05) is 26.3 Å². The third-order valence-electron chi connectivity index (χ3n) is 3.90. The Hall–Kier alpha value is -1.66. The van der Waals surface area contributed by atoms with E-state index >= 15 is 0 Å². The van der Waals surface area contributed by atoms with Crippen LogP contribution in [0.3, 0.4) is 0 Å². The van der Waals surface area contributed by atoms with Gasteiger partial charge in [-0.1, -0.05) is 6.07 Å². The average Bonchev–Trinajstić information content (AvgIpc) is 2.48. The summed E-state index contributed by atoms with van der Waals surface area (Å²) in [7, 11) is 1.68. The molecule has 1 fully saturated rings. The molecule has 0 radical (unpaired) electrons. The first-order valence-electron chi connectivity index (χ1n) is 6.92. The molecule has 1 heterocycles. The predicted molar refractivity (Wildman–Crippen MR) is 77.7 cm³/mol. The van der Waals surface area contributed by atoms with Crippen LogP contribution in [0.25, 0.3) is 0 Å². The number of hydrogen-bond acceptors (Lipinski definition) is 5. The average molecular weight is 279 g/mol. The van der Waals surface area contributed by atoms with E-state index in [-0.39, 0.29) is 17.2 Å². The lowest BCUT2D eigenvalue weighted by Gasteiger charge is -2.31. The SMILES string of the molecule is CNc1ccc(CN2CCC(CO)CC2)cc1[N+](=O)[O-]. The van der Waals surface area contributed by atoms with Gasteiger partial charge in [-0.15, -0.1) is 0 Å². The molecule has 2 rings (SSSR count). The number of hydrogen-bond donors (Lipinski definition) is 2. The normalized spacial score (nSPS) is 17.1. The smallest absolute Gasteiger partial charge is 0.292 e. The summed E-state index contributed by atoms with van der Waals surface area (Å²) in [6.45, 7) is 2.86. The van der Waals surface area contributed by atoms with Crippen LogP contribution in [0.2, 0.25) is 0 Å². The number of aliphatic hydroxyl groups excluding tert-OH is 1. The standard InChI is InChI=1S/C14H21N3O3/c1-15-13-3-2-12(8-14(13)17(19)20)9-16-6-4-11(10-18)5-7-16/h2-3,8,11,15,18H,4-7,9-10H2,1H3. The fraction of sp³-hybridized carbons (Fsp3) is 0.571. The van der Waals surface area contributed by atoms with E-state index in [1.54, 1.807) is 19.2 Å². The zero-order chi connectivity index (χ0) is 14.5. The van der Waals surface area contributed by atoms with Crippen LogP contribution < -0.4 is 5.32 Å². The number of anilines is 1. The van der Waals surface area contributed by atoms with E-state index in [9.17, 15) is 10.1 Å². The van der Waals surface area contributed by atoms with Gasteiger partial charge in [-0.25, -0.2) is 0 Å². The number of nitrogens with zero attached hydrogens (tertiary/aromatic N) is 2. The molecule has 1 saturated heterocycles. The minimum absolute atomic E-state index is 0.121. The molecule has 1 aromatic carbocycles. The number of benzene rings is 1. The molecular weight excluding hydrogens is 258 g/mol. The molecule has 1 aromatic rings. The van der Waals surface area contributed by atoms with Gasteiger partial charge in [0.05, 0.1) is 4.92 Å². The van der Waals surface area contributed by atoms with E-state index in [1.165, 1.54) is 0 Å². The first kappa shape index (κ1) is 14.7. The van der Waals surface area contributed by atoms with E-state index in [1.807, 2.05) is 6.07 Å². The van der Waals surface area contributed by atoms with E-state index in [0.29, 0.717) is 11.6 Å². The van der Waals surface area contributed by atoms with Gasteiger partial charge in [-0.2, -0.15) is 0 Å². The molecule has 1 aliphatic rings. The fourth-order valence-electron chi connectivity index (χ4n) is 2.62. The summed E-state index contributed by atoms with van der Waals surface area (Å²) in [5.74, 6) is 0.409. The number of nitro benzene ring substituents is 1. The van der Waals surface area contributed by atoms with Gasteiger partial charge in [0.2, 0.25) is 0 Å². The van der Waals surface area contributed by atoms with Crippen LogP contribution in [0.5, 0.6) is 0 Å². The maximum Gasteiger partial charge on any atom is 0.292 e. The second kappa shape index (κ2) is 6.67. The Morgan fingerprint density at radius 1 is 1.45 bits per heavy atom. The topological polar surface area (TPSA) is 78.6 Å². The summed E-state index contributed by atoms with van der Waals surface area (Å²) in [6.07, 6.45) is 1.99. The van der Waals surface area contributed by atoms with Crippen molar-refractivity contribution in [3.8, 4) is 0 Å². The van der Waals surface area contributed by atoms with E-state index in [4.69, 9.17) is 5.11 Å². The molecule has 0 atom stereocenters. The molecule has 0 bridgehead atoms. The zero-order valence-electron chi connectivity index (χ0n) is 11.7. The van der Waals surface area contributed by atoms with Crippen LogP contribution >= 0.6 is 0 Å². The Morgan fingerprint density at radius 3 is 2.70 bits per heavy atom. The predicted octanol–water partition coefficient (Wildman–Crippen LogP) is 1.84. The third-order valence-corrected chi connectivity index (χ3v) is 3.90. The number of rotatable bonds is 5. The number of piperidine rings is 1. The lowest BCUT2D eigenvalue weighted by Crippen LogP contribution is -2.34. The molecule has 6 nitrogen and oxygen atoms in total. The van der Waals surface area contributed by atoms with Gasteiger partial charge in [-0.05, 0) is 43.5 Å². The maximum atomic E-state index is 11.0. The Morgan fingerprint density at radius 2 is 2.15 bits per heavy atom. The molecule has 0 unspecified atom stereocenters. The molecule has 0 spiro atoms. The molecular formula is C14H21N3O3. The Bertz CT molecular complexity index is 471. The number of nitrogens with one attached hydrogen (secondary N) is 1. The first-order chi connectivity index (χ1) is 9.63. The van der Waals surface area contributed by atoms with Gasteiger partial charge in [-0.3, -0.25) is 15.0 Å². The second-order valence-corrected chi connectivity index (χ2v) is 5.26. The van der Waals surface area contributed by atoms with Crippen molar-refractivity contribution >= 4 is 11.4 Å². The minimum atomic E-state index is -0.354. The lowest BCUT2D eigenvalue weighted by atomic mass is 9.97. The molecule has 2 N–H and O–H groups in total. The van der Waals surface area contributed by atoms with Crippen LogP contribution in [0, 0.1) is 16.0 Å². The Balaban J connectivity index is 2.03. The molecule has 110 valence electrons. The Labute approximate surface area is 118 Å². The second-order valence-electron chi connectivity index (χ2n) is 5.26. The van der Waals surface area contributed by atoms with Crippen molar-refractivity contribution in [3.63, 3.8) is 0 Å². The quantitative estimate of drug-likeness (QED) is 0.635. The molecule has 0 aromatic heterocycles. The van der Waals surface area contributed by atoms with Crippen molar-refractivity contribution in [1.82, 2.24) is 4.90 Å². The highest BCUT2D eigenvalue weighted by atomic mass is 16.6. The molecule has 6 heteroatoms. The highest BCUT2D eigenvalue weighted by molar-refractivity contribution is 5.62. The fourth-order valence-corrected chi connectivity index (χ4v) is 2.62. The summed E-state index contributed by atoms with van der Waals surface area (Å²) in [5.41, 5.74) is 1.62. The van der Waals surface area contributed by atoms with Crippen molar-refractivity contribution in [2.24, 2.45) is 5.92 Å². The summed E-state index contributed by atoms with van der Waals surface area (Å²) in [4.78, 5) is 13.0.